The summed E-state index contributed by atoms with van der Waals surface area (Å²) >= 11 is 0. The van der Waals surface area contributed by atoms with Gasteiger partial charge >= 0.3 is 5.97 Å². The number of carboxylic acid groups (broad SMARTS) is 1. The average Bonchev–Trinajstić information content (AvgIpc) is 1.81. The van der Waals surface area contributed by atoms with Crippen LogP contribution in [0.1, 0.15) is 34.1 Å². The molecule has 3 nitrogen and oxygen atoms in total. The van der Waals surface area contributed by atoms with Crippen LogP contribution in [0.2, 0.25) is 0 Å². The first-order valence-corrected chi connectivity index (χ1v) is 4.30. The monoisotopic (exact) mass is 173 g/mol. The second kappa shape index (κ2) is 4.45. The Bertz CT molecular complexity index is 153. The lowest BCUT2D eigenvalue weighted by atomic mass is 10.00. The highest BCUT2D eigenvalue weighted by Crippen LogP contribution is 2.08. The van der Waals surface area contributed by atoms with Gasteiger partial charge in [0.05, 0.1) is 6.42 Å². The number of hydrogen-bond donors (Lipinski definition) is 2. The summed E-state index contributed by atoms with van der Waals surface area (Å²) in [6, 6.07) is 0. The van der Waals surface area contributed by atoms with Crippen molar-refractivity contribution in [1.29, 1.82) is 0 Å². The van der Waals surface area contributed by atoms with Crippen LogP contribution >= 0.6 is 0 Å². The van der Waals surface area contributed by atoms with Gasteiger partial charge in [0.1, 0.15) is 0 Å². The zero-order chi connectivity index (χ0) is 9.78. The Morgan fingerprint density at radius 2 is 2.00 bits per heavy atom. The van der Waals surface area contributed by atoms with Gasteiger partial charge in [-0.2, -0.15) is 0 Å². The van der Waals surface area contributed by atoms with Gasteiger partial charge in [-0.3, -0.25) is 4.79 Å². The van der Waals surface area contributed by atoms with Crippen molar-refractivity contribution in [1.82, 2.24) is 5.32 Å². The Morgan fingerprint density at radius 1 is 1.50 bits per heavy atom. The third-order valence-electron chi connectivity index (χ3n) is 1.58. The van der Waals surface area contributed by atoms with Crippen molar-refractivity contribution >= 4 is 5.97 Å². The van der Waals surface area contributed by atoms with Gasteiger partial charge in [-0.05, 0) is 26.3 Å². The molecule has 0 amide bonds. The predicted octanol–water partition coefficient (Wildman–Crippen LogP) is 1.49. The van der Waals surface area contributed by atoms with Gasteiger partial charge < -0.3 is 10.4 Å². The maximum atomic E-state index is 10.4. The third kappa shape index (κ3) is 6.16. The smallest absolute Gasteiger partial charge is 0.305 e. The van der Waals surface area contributed by atoms with E-state index in [1.807, 2.05) is 13.8 Å². The van der Waals surface area contributed by atoms with Gasteiger partial charge in [0.15, 0.2) is 0 Å². The lowest BCUT2D eigenvalue weighted by molar-refractivity contribution is -0.138. The first-order valence-electron chi connectivity index (χ1n) is 4.30. The molecule has 0 aromatic carbocycles. The van der Waals surface area contributed by atoms with Crippen LogP contribution in [0.3, 0.4) is 0 Å². The molecule has 0 radical (unpaired) electrons. The largest absolute Gasteiger partial charge is 0.481 e. The van der Waals surface area contributed by atoms with E-state index in [9.17, 15) is 4.79 Å². The second-order valence-corrected chi connectivity index (χ2v) is 4.23. The van der Waals surface area contributed by atoms with E-state index in [0.29, 0.717) is 5.92 Å². The Balaban J connectivity index is 3.78. The van der Waals surface area contributed by atoms with Gasteiger partial charge in [-0.1, -0.05) is 13.8 Å². The lowest BCUT2D eigenvalue weighted by Crippen LogP contribution is -2.42. The summed E-state index contributed by atoms with van der Waals surface area (Å²) in [6.45, 7) is 8.88. The van der Waals surface area contributed by atoms with Gasteiger partial charge in [0.25, 0.3) is 0 Å². The van der Waals surface area contributed by atoms with E-state index in [1.54, 1.807) is 0 Å². The van der Waals surface area contributed by atoms with Crippen LogP contribution in [-0.4, -0.2) is 23.2 Å². The number of nitrogens with one attached hydrogen (secondary N) is 1. The third-order valence-corrected chi connectivity index (χ3v) is 1.58. The molecule has 0 aliphatic rings. The second-order valence-electron chi connectivity index (χ2n) is 4.23. The summed E-state index contributed by atoms with van der Waals surface area (Å²) in [5.41, 5.74) is -0.296. The molecule has 0 rings (SSSR count). The van der Waals surface area contributed by atoms with Crippen molar-refractivity contribution in [3.05, 3.63) is 0 Å². The Labute approximate surface area is 74.2 Å². The molecule has 12 heavy (non-hydrogen) atoms. The van der Waals surface area contributed by atoms with E-state index >= 15 is 0 Å². The molecule has 0 aromatic rings. The van der Waals surface area contributed by atoms with Crippen molar-refractivity contribution in [3.63, 3.8) is 0 Å². The summed E-state index contributed by atoms with van der Waals surface area (Å²) in [4.78, 5) is 10.4. The van der Waals surface area contributed by atoms with Crippen LogP contribution in [0.4, 0.5) is 0 Å². The van der Waals surface area contributed by atoms with Crippen molar-refractivity contribution in [2.45, 2.75) is 39.7 Å². The van der Waals surface area contributed by atoms with Crippen molar-refractivity contribution < 1.29 is 9.90 Å². The predicted molar refractivity (Wildman–Crippen MR) is 49.2 cm³/mol. The zero-order valence-corrected chi connectivity index (χ0v) is 8.35. The average molecular weight is 173 g/mol. The summed E-state index contributed by atoms with van der Waals surface area (Å²) < 4.78 is 0. The Kier molecular flexibility index (Phi) is 4.24. The highest BCUT2D eigenvalue weighted by molar-refractivity contribution is 5.68. The molecule has 0 saturated carbocycles. The molecular weight excluding hydrogens is 154 g/mol. The molecule has 0 heterocycles. The number of aliphatic carboxylic acids is 1. The minimum atomic E-state index is -0.753. The maximum absolute atomic E-state index is 10.4. The molecule has 0 fully saturated rings. The van der Waals surface area contributed by atoms with Crippen molar-refractivity contribution in [2.75, 3.05) is 6.54 Å². The van der Waals surface area contributed by atoms with Crippen LogP contribution in [0.15, 0.2) is 0 Å². The highest BCUT2D eigenvalue weighted by Gasteiger charge is 2.20. The van der Waals surface area contributed by atoms with Crippen LogP contribution < -0.4 is 5.32 Å². The van der Waals surface area contributed by atoms with Crippen LogP contribution in [0.25, 0.3) is 0 Å². The fourth-order valence-electron chi connectivity index (χ4n) is 0.921. The van der Waals surface area contributed by atoms with E-state index in [0.717, 1.165) is 6.54 Å². The lowest BCUT2D eigenvalue weighted by Gasteiger charge is -2.25. The Hall–Kier alpha value is -0.570. The molecular formula is C9H19NO2. The minimum Gasteiger partial charge on any atom is -0.481 e. The molecule has 0 spiro atoms. The molecule has 0 aliphatic heterocycles. The van der Waals surface area contributed by atoms with E-state index in [2.05, 4.69) is 19.2 Å². The molecule has 0 bridgehead atoms. The normalized spacial score (nSPS) is 12.1. The molecule has 0 saturated heterocycles. The van der Waals surface area contributed by atoms with Crippen molar-refractivity contribution in [2.24, 2.45) is 5.92 Å². The van der Waals surface area contributed by atoms with Gasteiger partial charge in [-0.15, -0.1) is 0 Å². The highest BCUT2D eigenvalue weighted by atomic mass is 16.4. The summed E-state index contributed by atoms with van der Waals surface area (Å²) in [5.74, 6) is -0.200. The SMILES string of the molecule is CC(C)CNC(C)(C)CC(=O)O. The number of carbonyl (C=O) groups is 1. The zero-order valence-electron chi connectivity index (χ0n) is 8.35. The molecule has 2 N–H and O–H groups in total. The fourth-order valence-corrected chi connectivity index (χ4v) is 0.921. The first kappa shape index (κ1) is 11.4. The molecule has 72 valence electrons. The van der Waals surface area contributed by atoms with Crippen LogP contribution in [0.5, 0.6) is 0 Å². The fraction of sp³-hybridized carbons (Fsp3) is 0.889. The summed E-state index contributed by atoms with van der Waals surface area (Å²) in [5, 5.41) is 11.8. The van der Waals surface area contributed by atoms with Crippen molar-refractivity contribution in [3.8, 4) is 0 Å². The number of hydrogen-bond acceptors (Lipinski definition) is 2. The topological polar surface area (TPSA) is 49.3 Å². The Morgan fingerprint density at radius 3 is 2.33 bits per heavy atom. The first-order chi connectivity index (χ1) is 5.33. The van der Waals surface area contributed by atoms with E-state index in [4.69, 9.17) is 5.11 Å². The summed E-state index contributed by atoms with van der Waals surface area (Å²) in [6.07, 6.45) is 0.166. The quantitative estimate of drug-likeness (QED) is 0.662. The standard InChI is InChI=1S/C9H19NO2/c1-7(2)6-10-9(3,4)5-8(11)12/h7,10H,5-6H2,1-4H3,(H,11,12). The molecule has 0 aliphatic carbocycles. The summed E-state index contributed by atoms with van der Waals surface area (Å²) in [7, 11) is 0. The van der Waals surface area contributed by atoms with Crippen LogP contribution in [0, 0.1) is 5.92 Å². The molecule has 0 atom stereocenters. The number of carboxylic acids is 1. The van der Waals surface area contributed by atoms with Gasteiger partial charge in [0.2, 0.25) is 0 Å². The minimum absolute atomic E-state index is 0.166. The van der Waals surface area contributed by atoms with E-state index in [-0.39, 0.29) is 12.0 Å². The molecule has 0 unspecified atom stereocenters. The maximum Gasteiger partial charge on any atom is 0.305 e. The molecule has 3 heteroatoms. The van der Waals surface area contributed by atoms with Gasteiger partial charge in [-0.25, -0.2) is 0 Å². The van der Waals surface area contributed by atoms with Crippen LogP contribution in [-0.2, 0) is 4.79 Å². The molecule has 0 aromatic heterocycles. The number of rotatable bonds is 5. The van der Waals surface area contributed by atoms with Gasteiger partial charge in [0, 0.05) is 5.54 Å². The van der Waals surface area contributed by atoms with E-state index < -0.39 is 5.97 Å². The van der Waals surface area contributed by atoms with E-state index in [1.165, 1.54) is 0 Å².